The Morgan fingerprint density at radius 3 is 2.51 bits per heavy atom. The molecule has 2 N–H and O–H groups in total. The number of aromatic carboxylic acids is 1. The van der Waals surface area contributed by atoms with Gasteiger partial charge in [-0.05, 0) is 65.2 Å². The second kappa shape index (κ2) is 10.5. The van der Waals surface area contributed by atoms with Crippen molar-refractivity contribution in [3.05, 3.63) is 119 Å². The van der Waals surface area contributed by atoms with Crippen molar-refractivity contribution in [3.8, 4) is 5.75 Å². The number of para-hydroxylation sites is 1. The van der Waals surface area contributed by atoms with Crippen LogP contribution in [0.25, 0.3) is 21.7 Å². The number of fused-ring (bicyclic) bond motifs is 2. The molecular formula is C31H26N2O4. The molecule has 184 valence electrons. The minimum atomic E-state index is -0.989. The van der Waals surface area contributed by atoms with Gasteiger partial charge in [0, 0.05) is 11.9 Å². The maximum atomic E-state index is 12.8. The van der Waals surface area contributed by atoms with E-state index in [-0.39, 0.29) is 23.9 Å². The van der Waals surface area contributed by atoms with Crippen LogP contribution in [0.15, 0.2) is 97.1 Å². The van der Waals surface area contributed by atoms with Gasteiger partial charge in [-0.3, -0.25) is 4.79 Å². The lowest BCUT2D eigenvalue weighted by atomic mass is 9.97. The number of carboxylic acids is 1. The molecule has 37 heavy (non-hydrogen) atoms. The van der Waals surface area contributed by atoms with Gasteiger partial charge in [0.1, 0.15) is 12.4 Å². The van der Waals surface area contributed by atoms with Crippen molar-refractivity contribution in [2.24, 2.45) is 0 Å². The Kier molecular flexibility index (Phi) is 6.81. The van der Waals surface area contributed by atoms with E-state index in [4.69, 9.17) is 9.84 Å². The second-order valence-electron chi connectivity index (χ2n) is 9.00. The number of amides is 1. The molecule has 1 heterocycles. The van der Waals surface area contributed by atoms with Gasteiger partial charge in [0.2, 0.25) is 5.91 Å². The SMILES string of the molecule is CC(C(=O)NCc1cccc(C(=O)O)c1)c1ccc2cc(OCc3ccc4ccccc4n3)ccc2c1. The standard InChI is InChI=1S/C31H26N2O4/c1-20(30(34)32-18-21-5-4-7-26(15-21)31(35)36)23-9-10-25-17-28(14-12-24(25)16-23)37-19-27-13-11-22-6-2-3-8-29(22)33-27/h2-17,20H,18-19H2,1H3,(H,32,34)(H,35,36). The van der Waals surface area contributed by atoms with Gasteiger partial charge >= 0.3 is 5.97 Å². The van der Waals surface area contributed by atoms with E-state index in [1.54, 1.807) is 18.2 Å². The van der Waals surface area contributed by atoms with Gasteiger partial charge in [-0.25, -0.2) is 9.78 Å². The highest BCUT2D eigenvalue weighted by atomic mass is 16.5. The van der Waals surface area contributed by atoms with Crippen LogP contribution in [0.4, 0.5) is 0 Å². The maximum absolute atomic E-state index is 12.8. The van der Waals surface area contributed by atoms with Crippen molar-refractivity contribution in [3.63, 3.8) is 0 Å². The lowest BCUT2D eigenvalue weighted by molar-refractivity contribution is -0.122. The summed E-state index contributed by atoms with van der Waals surface area (Å²) in [5, 5.41) is 15.2. The van der Waals surface area contributed by atoms with Crippen LogP contribution in [-0.2, 0) is 17.9 Å². The topological polar surface area (TPSA) is 88.5 Å². The molecule has 0 spiro atoms. The second-order valence-corrected chi connectivity index (χ2v) is 9.00. The largest absolute Gasteiger partial charge is 0.487 e. The highest BCUT2D eigenvalue weighted by Gasteiger charge is 2.16. The fraction of sp³-hybridized carbons (Fsp3) is 0.129. The average molecular weight is 491 g/mol. The summed E-state index contributed by atoms with van der Waals surface area (Å²) < 4.78 is 6.00. The van der Waals surface area contributed by atoms with Crippen molar-refractivity contribution in [1.29, 1.82) is 0 Å². The number of benzene rings is 4. The molecule has 1 amide bonds. The van der Waals surface area contributed by atoms with Crippen molar-refractivity contribution in [1.82, 2.24) is 10.3 Å². The van der Waals surface area contributed by atoms with Crippen LogP contribution in [0.2, 0.25) is 0 Å². The van der Waals surface area contributed by atoms with Crippen LogP contribution in [0.5, 0.6) is 5.75 Å². The Morgan fingerprint density at radius 1 is 0.865 bits per heavy atom. The van der Waals surface area contributed by atoms with E-state index in [2.05, 4.69) is 10.3 Å². The number of nitrogens with one attached hydrogen (secondary N) is 1. The summed E-state index contributed by atoms with van der Waals surface area (Å²) in [6.07, 6.45) is 0. The number of rotatable bonds is 8. The molecule has 6 heteroatoms. The molecule has 1 atom stereocenters. The molecule has 0 saturated heterocycles. The van der Waals surface area contributed by atoms with E-state index < -0.39 is 5.97 Å². The van der Waals surface area contributed by atoms with Crippen molar-refractivity contribution < 1.29 is 19.4 Å². The Bertz CT molecular complexity index is 1610. The molecule has 4 aromatic carbocycles. The molecule has 0 radical (unpaired) electrons. The van der Waals surface area contributed by atoms with Crippen LogP contribution in [0.1, 0.15) is 40.0 Å². The first kappa shape index (κ1) is 24.0. The van der Waals surface area contributed by atoms with Gasteiger partial charge in [0.25, 0.3) is 0 Å². The minimum Gasteiger partial charge on any atom is -0.487 e. The zero-order valence-corrected chi connectivity index (χ0v) is 20.3. The van der Waals surface area contributed by atoms with Crippen molar-refractivity contribution >= 4 is 33.6 Å². The van der Waals surface area contributed by atoms with Crippen molar-refractivity contribution in [2.45, 2.75) is 26.0 Å². The number of hydrogen-bond donors (Lipinski definition) is 2. The lowest BCUT2D eigenvalue weighted by Gasteiger charge is -2.14. The molecule has 5 aromatic rings. The summed E-state index contributed by atoms with van der Waals surface area (Å²) in [6, 6.07) is 30.4. The van der Waals surface area contributed by atoms with Gasteiger partial charge in [-0.15, -0.1) is 0 Å². The third-order valence-corrected chi connectivity index (χ3v) is 6.41. The summed E-state index contributed by atoms with van der Waals surface area (Å²) in [4.78, 5) is 28.6. The number of ether oxygens (including phenoxy) is 1. The molecule has 1 aromatic heterocycles. The zero-order valence-electron chi connectivity index (χ0n) is 20.3. The van der Waals surface area contributed by atoms with Crippen molar-refractivity contribution in [2.75, 3.05) is 0 Å². The molecule has 5 rings (SSSR count). The van der Waals surface area contributed by atoms with Gasteiger partial charge in [0.05, 0.1) is 22.7 Å². The van der Waals surface area contributed by atoms with E-state index in [9.17, 15) is 9.59 Å². The number of aromatic nitrogens is 1. The molecule has 0 bridgehead atoms. The molecular weight excluding hydrogens is 464 g/mol. The van der Waals surface area contributed by atoms with Gasteiger partial charge in [-0.2, -0.15) is 0 Å². The normalized spacial score (nSPS) is 11.8. The third-order valence-electron chi connectivity index (χ3n) is 6.41. The van der Waals surface area contributed by atoms with E-state index >= 15 is 0 Å². The zero-order chi connectivity index (χ0) is 25.8. The minimum absolute atomic E-state index is 0.122. The van der Waals surface area contributed by atoms with Crippen LogP contribution >= 0.6 is 0 Å². The van der Waals surface area contributed by atoms with E-state index in [0.29, 0.717) is 6.61 Å². The highest BCUT2D eigenvalue weighted by molar-refractivity contribution is 5.89. The molecule has 0 saturated carbocycles. The Balaban J connectivity index is 1.23. The van der Waals surface area contributed by atoms with E-state index in [1.807, 2.05) is 79.7 Å². The number of carbonyl (C=O) groups excluding carboxylic acids is 1. The van der Waals surface area contributed by atoms with Crippen LogP contribution in [0, 0.1) is 0 Å². The summed E-state index contributed by atoms with van der Waals surface area (Å²) in [6.45, 7) is 2.50. The van der Waals surface area contributed by atoms with E-state index in [1.165, 1.54) is 6.07 Å². The lowest BCUT2D eigenvalue weighted by Crippen LogP contribution is -2.27. The molecule has 0 aliphatic rings. The molecule has 0 fully saturated rings. The predicted octanol–water partition coefficient (Wildman–Crippen LogP) is 6.09. The van der Waals surface area contributed by atoms with Gasteiger partial charge in [-0.1, -0.05) is 60.7 Å². The van der Waals surface area contributed by atoms with Crippen LogP contribution < -0.4 is 10.1 Å². The molecule has 0 aliphatic heterocycles. The quantitative estimate of drug-likeness (QED) is 0.275. The average Bonchev–Trinajstić information content (AvgIpc) is 2.94. The Morgan fingerprint density at radius 2 is 1.65 bits per heavy atom. The summed E-state index contributed by atoms with van der Waals surface area (Å²) >= 11 is 0. The molecule has 6 nitrogen and oxygen atoms in total. The van der Waals surface area contributed by atoms with Gasteiger partial charge in [0.15, 0.2) is 0 Å². The van der Waals surface area contributed by atoms with Crippen LogP contribution in [0.3, 0.4) is 0 Å². The highest BCUT2D eigenvalue weighted by Crippen LogP contribution is 2.26. The predicted molar refractivity (Wildman–Crippen MR) is 144 cm³/mol. The number of carboxylic acid groups (broad SMARTS) is 1. The summed E-state index contributed by atoms with van der Waals surface area (Å²) in [7, 11) is 0. The Labute approximate surface area is 214 Å². The first-order chi connectivity index (χ1) is 18.0. The maximum Gasteiger partial charge on any atom is 0.335 e. The monoisotopic (exact) mass is 490 g/mol. The smallest absolute Gasteiger partial charge is 0.335 e. The first-order valence-corrected chi connectivity index (χ1v) is 12.1. The first-order valence-electron chi connectivity index (χ1n) is 12.1. The summed E-state index contributed by atoms with van der Waals surface area (Å²) in [5.41, 5.74) is 3.65. The van der Waals surface area contributed by atoms with Gasteiger partial charge < -0.3 is 15.2 Å². The fourth-order valence-corrected chi connectivity index (χ4v) is 4.26. The third kappa shape index (κ3) is 5.59. The Hall–Kier alpha value is -4.71. The van der Waals surface area contributed by atoms with Crippen LogP contribution in [-0.4, -0.2) is 22.0 Å². The molecule has 0 aliphatic carbocycles. The number of carbonyl (C=O) groups is 2. The molecule has 1 unspecified atom stereocenters. The number of pyridine rings is 1. The number of hydrogen-bond acceptors (Lipinski definition) is 4. The number of nitrogens with zero attached hydrogens (tertiary/aromatic N) is 1. The summed E-state index contributed by atoms with van der Waals surface area (Å²) in [5.74, 6) is -0.717. The fourth-order valence-electron chi connectivity index (χ4n) is 4.26. The van der Waals surface area contributed by atoms with E-state index in [0.717, 1.165) is 44.2 Å².